The summed E-state index contributed by atoms with van der Waals surface area (Å²) in [5.41, 5.74) is 2.93. The van der Waals surface area contributed by atoms with E-state index in [0.29, 0.717) is 6.61 Å². The zero-order valence-electron chi connectivity index (χ0n) is 20.3. The summed E-state index contributed by atoms with van der Waals surface area (Å²) in [4.78, 5) is 11.9. The topological polar surface area (TPSA) is 83.5 Å². The fourth-order valence-corrected chi connectivity index (χ4v) is 4.14. The van der Waals surface area contributed by atoms with E-state index in [2.05, 4.69) is 0 Å². The second-order valence-corrected chi connectivity index (χ2v) is 8.66. The minimum Gasteiger partial charge on any atom is -0.454 e. The van der Waals surface area contributed by atoms with E-state index in [1.807, 2.05) is 91.0 Å². The summed E-state index contributed by atoms with van der Waals surface area (Å²) in [7, 11) is 0. The monoisotopic (exact) mass is 492 g/mol. The Morgan fingerprint density at radius 1 is 0.722 bits per heavy atom. The van der Waals surface area contributed by atoms with Crippen molar-refractivity contribution in [1.29, 1.82) is 0 Å². The summed E-state index contributed by atoms with van der Waals surface area (Å²) in [6, 6.07) is 29.2. The average molecular weight is 493 g/mol. The van der Waals surface area contributed by atoms with Crippen molar-refractivity contribution in [3.8, 4) is 0 Å². The van der Waals surface area contributed by atoms with E-state index in [4.69, 9.17) is 23.7 Å². The SMILES string of the molecule is CC(=O)OC1C(OCc2ccccc2)[C@@H](OCc2ccccc2)C(COCc2ccccc2)O[C@@H]1O. The van der Waals surface area contributed by atoms with Crippen LogP contribution in [0.25, 0.3) is 0 Å². The first kappa shape index (κ1) is 26.0. The van der Waals surface area contributed by atoms with Crippen molar-refractivity contribution in [3.05, 3.63) is 108 Å². The molecule has 1 aliphatic heterocycles. The summed E-state index contributed by atoms with van der Waals surface area (Å²) in [6.45, 7) is 2.36. The van der Waals surface area contributed by atoms with Crippen molar-refractivity contribution in [2.75, 3.05) is 6.61 Å². The first-order chi connectivity index (χ1) is 17.6. The van der Waals surface area contributed by atoms with Crippen molar-refractivity contribution in [3.63, 3.8) is 0 Å². The molecule has 1 N–H and O–H groups in total. The predicted molar refractivity (Wildman–Crippen MR) is 133 cm³/mol. The summed E-state index contributed by atoms with van der Waals surface area (Å²) >= 11 is 0. The van der Waals surface area contributed by atoms with E-state index < -0.39 is 36.7 Å². The summed E-state index contributed by atoms with van der Waals surface area (Å²) < 4.78 is 29.8. The van der Waals surface area contributed by atoms with Gasteiger partial charge >= 0.3 is 5.97 Å². The van der Waals surface area contributed by atoms with Gasteiger partial charge in [-0.05, 0) is 16.7 Å². The number of benzene rings is 3. The van der Waals surface area contributed by atoms with Gasteiger partial charge in [0.1, 0.15) is 18.3 Å². The van der Waals surface area contributed by atoms with Crippen molar-refractivity contribution in [2.24, 2.45) is 0 Å². The molecule has 0 radical (unpaired) electrons. The Bertz CT molecular complexity index is 1040. The summed E-state index contributed by atoms with van der Waals surface area (Å²) in [5.74, 6) is -0.545. The maximum Gasteiger partial charge on any atom is 0.303 e. The Morgan fingerprint density at radius 2 is 1.19 bits per heavy atom. The fraction of sp³-hybridized carbons (Fsp3) is 0.345. The van der Waals surface area contributed by atoms with Gasteiger partial charge in [0.2, 0.25) is 0 Å². The predicted octanol–water partition coefficient (Wildman–Crippen LogP) is 4.02. The second kappa shape index (κ2) is 13.3. The molecular weight excluding hydrogens is 460 g/mol. The molecule has 7 nitrogen and oxygen atoms in total. The van der Waals surface area contributed by atoms with E-state index >= 15 is 0 Å². The third-order valence-electron chi connectivity index (χ3n) is 5.88. The highest BCUT2D eigenvalue weighted by atomic mass is 16.7. The number of ether oxygens (including phenoxy) is 5. The molecule has 190 valence electrons. The molecule has 1 fully saturated rings. The smallest absolute Gasteiger partial charge is 0.303 e. The molecule has 0 saturated carbocycles. The lowest BCUT2D eigenvalue weighted by Gasteiger charge is -2.44. The standard InChI is InChI=1S/C29H32O7/c1-21(30)35-28-27(34-19-24-15-9-4-10-16-24)26(33-18-23-13-7-3-8-14-23)25(36-29(28)31)20-32-17-22-11-5-2-6-12-22/h2-16,25-29,31H,17-20H2,1H3/t25?,26-,27?,28?,29-/m0/s1. The van der Waals surface area contributed by atoms with Crippen LogP contribution in [0.4, 0.5) is 0 Å². The lowest BCUT2D eigenvalue weighted by molar-refractivity contribution is -0.309. The van der Waals surface area contributed by atoms with Crippen LogP contribution in [-0.4, -0.2) is 48.4 Å². The van der Waals surface area contributed by atoms with Gasteiger partial charge in [-0.3, -0.25) is 4.79 Å². The largest absolute Gasteiger partial charge is 0.454 e. The minimum absolute atomic E-state index is 0.156. The van der Waals surface area contributed by atoms with E-state index in [-0.39, 0.29) is 19.8 Å². The Hall–Kier alpha value is -3.07. The molecule has 0 aliphatic carbocycles. The van der Waals surface area contributed by atoms with Crippen LogP contribution in [0.2, 0.25) is 0 Å². The van der Waals surface area contributed by atoms with Crippen molar-refractivity contribution in [2.45, 2.75) is 57.5 Å². The number of esters is 1. The second-order valence-electron chi connectivity index (χ2n) is 8.66. The molecule has 5 atom stereocenters. The number of aliphatic hydroxyl groups is 1. The Labute approximate surface area is 211 Å². The van der Waals surface area contributed by atoms with Crippen LogP contribution in [0, 0.1) is 0 Å². The molecule has 36 heavy (non-hydrogen) atoms. The number of aliphatic hydroxyl groups excluding tert-OH is 1. The summed E-state index contributed by atoms with van der Waals surface area (Å²) in [5, 5.41) is 10.8. The number of hydrogen-bond acceptors (Lipinski definition) is 7. The molecule has 1 saturated heterocycles. The quantitative estimate of drug-likeness (QED) is 0.405. The molecule has 3 aromatic rings. The van der Waals surface area contributed by atoms with E-state index in [9.17, 15) is 9.90 Å². The van der Waals surface area contributed by atoms with Gasteiger partial charge < -0.3 is 28.8 Å². The molecule has 7 heteroatoms. The molecule has 1 aliphatic rings. The molecule has 0 spiro atoms. The molecule has 0 amide bonds. The van der Waals surface area contributed by atoms with Gasteiger partial charge in [0.25, 0.3) is 0 Å². The van der Waals surface area contributed by atoms with Gasteiger partial charge in [-0.25, -0.2) is 0 Å². The lowest BCUT2D eigenvalue weighted by Crippen LogP contribution is -2.61. The highest BCUT2D eigenvalue weighted by molar-refractivity contribution is 5.66. The summed E-state index contributed by atoms with van der Waals surface area (Å²) in [6.07, 6.45) is -4.56. The first-order valence-electron chi connectivity index (χ1n) is 12.0. The molecule has 3 aromatic carbocycles. The number of carbonyl (C=O) groups is 1. The molecular formula is C29H32O7. The fourth-order valence-electron chi connectivity index (χ4n) is 4.14. The third kappa shape index (κ3) is 7.46. The van der Waals surface area contributed by atoms with Gasteiger partial charge in [0.05, 0.1) is 26.4 Å². The molecule has 0 aromatic heterocycles. The van der Waals surface area contributed by atoms with Crippen LogP contribution in [0.1, 0.15) is 23.6 Å². The van der Waals surface area contributed by atoms with Crippen molar-refractivity contribution < 1.29 is 33.6 Å². The van der Waals surface area contributed by atoms with E-state index in [0.717, 1.165) is 16.7 Å². The zero-order valence-corrected chi connectivity index (χ0v) is 20.3. The van der Waals surface area contributed by atoms with Gasteiger partial charge in [-0.15, -0.1) is 0 Å². The maximum atomic E-state index is 11.9. The van der Waals surface area contributed by atoms with Gasteiger partial charge in [-0.1, -0.05) is 91.0 Å². The number of rotatable bonds is 11. The highest BCUT2D eigenvalue weighted by Gasteiger charge is 2.49. The minimum atomic E-state index is -1.39. The Kier molecular flexibility index (Phi) is 9.61. The van der Waals surface area contributed by atoms with Crippen molar-refractivity contribution >= 4 is 5.97 Å². The Morgan fingerprint density at radius 3 is 1.69 bits per heavy atom. The van der Waals surface area contributed by atoms with Gasteiger partial charge in [-0.2, -0.15) is 0 Å². The normalized spacial score (nSPS) is 23.8. The number of hydrogen-bond donors (Lipinski definition) is 1. The molecule has 1 heterocycles. The molecule has 4 rings (SSSR count). The van der Waals surface area contributed by atoms with Crippen LogP contribution >= 0.6 is 0 Å². The highest BCUT2D eigenvalue weighted by Crippen LogP contribution is 2.29. The first-order valence-corrected chi connectivity index (χ1v) is 12.0. The average Bonchev–Trinajstić information content (AvgIpc) is 2.90. The molecule has 3 unspecified atom stereocenters. The number of carbonyl (C=O) groups excluding carboxylic acids is 1. The van der Waals surface area contributed by atoms with Crippen LogP contribution in [0.15, 0.2) is 91.0 Å². The van der Waals surface area contributed by atoms with Crippen LogP contribution in [0.3, 0.4) is 0 Å². The van der Waals surface area contributed by atoms with Crippen LogP contribution < -0.4 is 0 Å². The van der Waals surface area contributed by atoms with Crippen LogP contribution in [-0.2, 0) is 48.3 Å². The van der Waals surface area contributed by atoms with Gasteiger partial charge in [0.15, 0.2) is 12.4 Å². The van der Waals surface area contributed by atoms with E-state index in [1.54, 1.807) is 0 Å². The van der Waals surface area contributed by atoms with Crippen molar-refractivity contribution in [1.82, 2.24) is 0 Å². The Balaban J connectivity index is 1.53. The van der Waals surface area contributed by atoms with Crippen LogP contribution in [0.5, 0.6) is 0 Å². The molecule has 0 bridgehead atoms. The maximum absolute atomic E-state index is 11.9. The lowest BCUT2D eigenvalue weighted by atomic mass is 9.98. The zero-order chi connectivity index (χ0) is 25.2. The van der Waals surface area contributed by atoms with Gasteiger partial charge in [0, 0.05) is 6.92 Å². The van der Waals surface area contributed by atoms with E-state index in [1.165, 1.54) is 6.92 Å². The third-order valence-corrected chi connectivity index (χ3v) is 5.88.